The third kappa shape index (κ3) is 2.90. The van der Waals surface area contributed by atoms with Crippen molar-refractivity contribution in [3.05, 3.63) is 47.7 Å². The van der Waals surface area contributed by atoms with E-state index in [0.29, 0.717) is 17.3 Å². The van der Waals surface area contributed by atoms with Gasteiger partial charge in [0, 0.05) is 6.07 Å². The molecular formula is C12H12FN3O. The lowest BCUT2D eigenvalue weighted by molar-refractivity contribution is 0.297. The van der Waals surface area contributed by atoms with Crippen molar-refractivity contribution in [2.24, 2.45) is 0 Å². The fourth-order valence-electron chi connectivity index (χ4n) is 1.32. The lowest BCUT2D eigenvalue weighted by Crippen LogP contribution is -2.01. The van der Waals surface area contributed by atoms with Gasteiger partial charge in [-0.15, -0.1) is 0 Å². The van der Waals surface area contributed by atoms with E-state index >= 15 is 0 Å². The molecule has 0 aliphatic heterocycles. The highest BCUT2D eigenvalue weighted by molar-refractivity contribution is 5.32. The van der Waals surface area contributed by atoms with E-state index < -0.39 is 0 Å². The smallest absolute Gasteiger partial charge is 0.141 e. The average molecular weight is 233 g/mol. The van der Waals surface area contributed by atoms with E-state index in [2.05, 4.69) is 9.97 Å². The van der Waals surface area contributed by atoms with Crippen LogP contribution in [-0.2, 0) is 6.61 Å². The Labute approximate surface area is 98.3 Å². The molecule has 0 amide bonds. The number of nitrogens with zero attached hydrogens (tertiary/aromatic N) is 2. The molecule has 0 aliphatic carbocycles. The Morgan fingerprint density at radius 1 is 1.29 bits per heavy atom. The summed E-state index contributed by atoms with van der Waals surface area (Å²) >= 11 is 0. The predicted molar refractivity (Wildman–Crippen MR) is 61.9 cm³/mol. The molecule has 0 saturated carbocycles. The van der Waals surface area contributed by atoms with E-state index in [4.69, 9.17) is 10.5 Å². The van der Waals surface area contributed by atoms with Crippen molar-refractivity contribution >= 4 is 5.82 Å². The fourth-order valence-corrected chi connectivity index (χ4v) is 1.32. The van der Waals surface area contributed by atoms with E-state index in [0.717, 1.165) is 5.56 Å². The maximum Gasteiger partial charge on any atom is 0.141 e. The molecule has 0 fully saturated rings. The molecule has 1 heterocycles. The SMILES string of the molecule is Cc1ccc(F)cc1OCc1cnc(N)cn1. The number of rotatable bonds is 3. The Morgan fingerprint density at radius 2 is 2.12 bits per heavy atom. The Kier molecular flexibility index (Phi) is 3.18. The molecule has 0 atom stereocenters. The summed E-state index contributed by atoms with van der Waals surface area (Å²) in [6.07, 6.45) is 2.99. The van der Waals surface area contributed by atoms with Crippen LogP contribution < -0.4 is 10.5 Å². The minimum Gasteiger partial charge on any atom is -0.487 e. The zero-order valence-electron chi connectivity index (χ0n) is 9.35. The maximum absolute atomic E-state index is 13.0. The van der Waals surface area contributed by atoms with Gasteiger partial charge >= 0.3 is 0 Å². The highest BCUT2D eigenvalue weighted by Gasteiger charge is 2.03. The van der Waals surface area contributed by atoms with Crippen LogP contribution in [0.4, 0.5) is 10.2 Å². The van der Waals surface area contributed by atoms with Crippen molar-refractivity contribution in [1.82, 2.24) is 9.97 Å². The minimum atomic E-state index is -0.325. The molecule has 0 aliphatic rings. The molecule has 0 unspecified atom stereocenters. The van der Waals surface area contributed by atoms with Crippen LogP contribution in [0.3, 0.4) is 0 Å². The molecule has 2 N–H and O–H groups in total. The Bertz CT molecular complexity index is 514. The number of benzene rings is 1. The number of aromatic nitrogens is 2. The van der Waals surface area contributed by atoms with Gasteiger partial charge in [-0.25, -0.2) is 9.37 Å². The highest BCUT2D eigenvalue weighted by atomic mass is 19.1. The molecule has 17 heavy (non-hydrogen) atoms. The lowest BCUT2D eigenvalue weighted by atomic mass is 10.2. The summed E-state index contributed by atoms with van der Waals surface area (Å²) in [5, 5.41) is 0. The molecule has 0 bridgehead atoms. The van der Waals surface area contributed by atoms with Gasteiger partial charge < -0.3 is 10.5 Å². The van der Waals surface area contributed by atoms with Crippen LogP contribution in [0, 0.1) is 12.7 Å². The van der Waals surface area contributed by atoms with Gasteiger partial charge in [-0.3, -0.25) is 4.98 Å². The topological polar surface area (TPSA) is 61.0 Å². The largest absolute Gasteiger partial charge is 0.487 e. The van der Waals surface area contributed by atoms with Crippen LogP contribution in [0.1, 0.15) is 11.3 Å². The number of halogens is 1. The normalized spacial score (nSPS) is 10.2. The molecule has 0 spiro atoms. The van der Waals surface area contributed by atoms with Crippen LogP contribution in [0.2, 0.25) is 0 Å². The average Bonchev–Trinajstić information content (AvgIpc) is 2.32. The summed E-state index contributed by atoms with van der Waals surface area (Å²) in [5.74, 6) is 0.535. The van der Waals surface area contributed by atoms with Crippen LogP contribution in [-0.4, -0.2) is 9.97 Å². The second-order valence-electron chi connectivity index (χ2n) is 3.63. The number of nitrogens with two attached hydrogens (primary N) is 1. The van der Waals surface area contributed by atoms with Gasteiger partial charge in [0.1, 0.15) is 24.0 Å². The van der Waals surface area contributed by atoms with Crippen LogP contribution in [0.15, 0.2) is 30.6 Å². The molecule has 0 radical (unpaired) electrons. The number of ether oxygens (including phenoxy) is 1. The first-order valence-corrected chi connectivity index (χ1v) is 5.10. The van der Waals surface area contributed by atoms with E-state index in [1.807, 2.05) is 6.92 Å². The number of aryl methyl sites for hydroxylation is 1. The minimum absolute atomic E-state index is 0.234. The first-order valence-electron chi connectivity index (χ1n) is 5.10. The van der Waals surface area contributed by atoms with Gasteiger partial charge in [-0.2, -0.15) is 0 Å². The van der Waals surface area contributed by atoms with Crippen molar-refractivity contribution in [2.45, 2.75) is 13.5 Å². The Morgan fingerprint density at radius 3 is 2.82 bits per heavy atom. The Hall–Kier alpha value is -2.17. The standard InChI is InChI=1S/C12H12FN3O/c1-8-2-3-9(13)4-11(8)17-7-10-5-16-12(14)6-15-10/h2-6H,7H2,1H3,(H2,14,16). The summed E-state index contributed by atoms with van der Waals surface area (Å²) in [5.41, 5.74) is 6.93. The molecule has 5 heteroatoms. The molecule has 88 valence electrons. The third-order valence-corrected chi connectivity index (χ3v) is 2.25. The molecule has 4 nitrogen and oxygen atoms in total. The summed E-state index contributed by atoms with van der Waals surface area (Å²) in [7, 11) is 0. The van der Waals surface area contributed by atoms with E-state index in [1.165, 1.54) is 24.5 Å². The summed E-state index contributed by atoms with van der Waals surface area (Å²) < 4.78 is 18.5. The Balaban J connectivity index is 2.07. The molecule has 1 aromatic carbocycles. The number of nitrogen functional groups attached to an aromatic ring is 1. The first-order chi connectivity index (χ1) is 8.15. The van der Waals surface area contributed by atoms with E-state index in [1.54, 1.807) is 6.07 Å². The summed E-state index contributed by atoms with van der Waals surface area (Å²) in [6, 6.07) is 4.41. The van der Waals surface area contributed by atoms with Crippen molar-refractivity contribution in [2.75, 3.05) is 5.73 Å². The third-order valence-electron chi connectivity index (χ3n) is 2.25. The van der Waals surface area contributed by atoms with E-state index in [-0.39, 0.29) is 12.4 Å². The van der Waals surface area contributed by atoms with Crippen molar-refractivity contribution in [1.29, 1.82) is 0 Å². The lowest BCUT2D eigenvalue weighted by Gasteiger charge is -2.08. The van der Waals surface area contributed by atoms with Crippen LogP contribution in [0.25, 0.3) is 0 Å². The molecule has 2 rings (SSSR count). The van der Waals surface area contributed by atoms with Gasteiger partial charge in [0.2, 0.25) is 0 Å². The summed E-state index contributed by atoms with van der Waals surface area (Å²) in [6.45, 7) is 2.08. The van der Waals surface area contributed by atoms with Gasteiger partial charge in [-0.05, 0) is 18.6 Å². The monoisotopic (exact) mass is 233 g/mol. The van der Waals surface area contributed by atoms with Crippen molar-refractivity contribution in [3.63, 3.8) is 0 Å². The molecule has 2 aromatic rings. The van der Waals surface area contributed by atoms with E-state index in [9.17, 15) is 4.39 Å². The second kappa shape index (κ2) is 4.78. The molecular weight excluding hydrogens is 221 g/mol. The summed E-state index contributed by atoms with van der Waals surface area (Å²) in [4.78, 5) is 7.93. The zero-order chi connectivity index (χ0) is 12.3. The maximum atomic E-state index is 13.0. The predicted octanol–water partition coefficient (Wildman–Crippen LogP) is 2.09. The van der Waals surface area contributed by atoms with Crippen molar-refractivity contribution < 1.29 is 9.13 Å². The fraction of sp³-hybridized carbons (Fsp3) is 0.167. The van der Waals surface area contributed by atoms with Crippen LogP contribution >= 0.6 is 0 Å². The van der Waals surface area contributed by atoms with Gasteiger partial charge in [0.25, 0.3) is 0 Å². The van der Waals surface area contributed by atoms with Crippen LogP contribution in [0.5, 0.6) is 5.75 Å². The number of hydrogen-bond acceptors (Lipinski definition) is 4. The van der Waals surface area contributed by atoms with Gasteiger partial charge in [0.05, 0.1) is 18.1 Å². The quantitative estimate of drug-likeness (QED) is 0.881. The molecule has 1 aromatic heterocycles. The first kappa shape index (κ1) is 11.3. The van der Waals surface area contributed by atoms with Crippen molar-refractivity contribution in [3.8, 4) is 5.75 Å². The van der Waals surface area contributed by atoms with Gasteiger partial charge in [-0.1, -0.05) is 6.07 Å². The number of anilines is 1. The highest BCUT2D eigenvalue weighted by Crippen LogP contribution is 2.19. The second-order valence-corrected chi connectivity index (χ2v) is 3.63. The number of hydrogen-bond donors (Lipinski definition) is 1. The zero-order valence-corrected chi connectivity index (χ0v) is 9.35. The van der Waals surface area contributed by atoms with Gasteiger partial charge in [0.15, 0.2) is 0 Å². The molecule has 0 saturated heterocycles.